The highest BCUT2D eigenvalue weighted by atomic mass is 16.2. The standard InChI is InChI=1S/C22H30N4O/c1-19(24-22(27)23-18-20-8-4-2-5-9-20)12-13-25-14-16-26(17-15-25)21-10-6-3-7-11-21/h2-11,19H,12-18H2,1H3,(H2,23,24,27)/t19-/m1/s1. The number of benzene rings is 2. The molecule has 1 fully saturated rings. The predicted molar refractivity (Wildman–Crippen MR) is 111 cm³/mol. The highest BCUT2D eigenvalue weighted by Crippen LogP contribution is 2.15. The fraction of sp³-hybridized carbons (Fsp3) is 0.409. The molecule has 0 aliphatic carbocycles. The molecule has 1 saturated heterocycles. The molecule has 0 radical (unpaired) electrons. The Labute approximate surface area is 162 Å². The number of anilines is 1. The highest BCUT2D eigenvalue weighted by molar-refractivity contribution is 5.74. The van der Waals surface area contributed by atoms with Crippen molar-refractivity contribution in [2.24, 2.45) is 0 Å². The number of urea groups is 1. The fourth-order valence-electron chi connectivity index (χ4n) is 3.37. The smallest absolute Gasteiger partial charge is 0.315 e. The number of rotatable bonds is 7. The van der Waals surface area contributed by atoms with Gasteiger partial charge in [0.25, 0.3) is 0 Å². The third kappa shape index (κ3) is 6.29. The normalized spacial score (nSPS) is 16.0. The number of nitrogens with one attached hydrogen (secondary N) is 2. The van der Waals surface area contributed by atoms with Gasteiger partial charge in [0.05, 0.1) is 0 Å². The van der Waals surface area contributed by atoms with Crippen LogP contribution in [0.2, 0.25) is 0 Å². The van der Waals surface area contributed by atoms with Gasteiger partial charge in [0, 0.05) is 51.0 Å². The van der Waals surface area contributed by atoms with Crippen LogP contribution in [-0.2, 0) is 6.54 Å². The minimum absolute atomic E-state index is 0.0970. The molecule has 1 aliphatic heterocycles. The summed E-state index contributed by atoms with van der Waals surface area (Å²) in [6.45, 7) is 7.91. The van der Waals surface area contributed by atoms with Crippen LogP contribution in [0.5, 0.6) is 0 Å². The minimum atomic E-state index is -0.0970. The van der Waals surface area contributed by atoms with E-state index < -0.39 is 0 Å². The second kappa shape index (κ2) is 9.97. The number of para-hydroxylation sites is 1. The van der Waals surface area contributed by atoms with Crippen LogP contribution < -0.4 is 15.5 Å². The number of hydrogen-bond acceptors (Lipinski definition) is 3. The zero-order chi connectivity index (χ0) is 18.9. The Bertz CT molecular complexity index is 684. The van der Waals surface area contributed by atoms with Gasteiger partial charge in [-0.2, -0.15) is 0 Å². The van der Waals surface area contributed by atoms with Crippen molar-refractivity contribution in [1.29, 1.82) is 0 Å². The lowest BCUT2D eigenvalue weighted by Gasteiger charge is -2.36. The molecule has 0 unspecified atom stereocenters. The number of carbonyl (C=O) groups excluding carboxylic acids is 1. The summed E-state index contributed by atoms with van der Waals surface area (Å²) in [5.41, 5.74) is 2.42. The Morgan fingerprint density at radius 1 is 0.963 bits per heavy atom. The summed E-state index contributed by atoms with van der Waals surface area (Å²) in [4.78, 5) is 17.0. The molecule has 0 saturated carbocycles. The average molecular weight is 367 g/mol. The first-order chi connectivity index (χ1) is 13.2. The summed E-state index contributed by atoms with van der Waals surface area (Å²) >= 11 is 0. The molecule has 1 heterocycles. The molecule has 2 amide bonds. The molecule has 1 aliphatic rings. The number of amides is 2. The van der Waals surface area contributed by atoms with Crippen molar-refractivity contribution in [3.63, 3.8) is 0 Å². The van der Waals surface area contributed by atoms with E-state index >= 15 is 0 Å². The Morgan fingerprint density at radius 3 is 2.26 bits per heavy atom. The summed E-state index contributed by atoms with van der Waals surface area (Å²) in [6.07, 6.45) is 0.962. The molecule has 27 heavy (non-hydrogen) atoms. The van der Waals surface area contributed by atoms with E-state index in [1.54, 1.807) is 0 Å². The number of hydrogen-bond donors (Lipinski definition) is 2. The van der Waals surface area contributed by atoms with E-state index in [-0.39, 0.29) is 12.1 Å². The Morgan fingerprint density at radius 2 is 1.59 bits per heavy atom. The largest absolute Gasteiger partial charge is 0.369 e. The second-order valence-electron chi connectivity index (χ2n) is 7.17. The van der Waals surface area contributed by atoms with Gasteiger partial charge in [-0.1, -0.05) is 48.5 Å². The zero-order valence-electron chi connectivity index (χ0n) is 16.1. The van der Waals surface area contributed by atoms with Crippen LogP contribution in [0.25, 0.3) is 0 Å². The van der Waals surface area contributed by atoms with E-state index in [0.717, 1.165) is 44.7 Å². The molecule has 1 atom stereocenters. The van der Waals surface area contributed by atoms with E-state index in [0.29, 0.717) is 6.54 Å². The molecule has 0 aromatic heterocycles. The third-order valence-corrected chi connectivity index (χ3v) is 5.05. The monoisotopic (exact) mass is 366 g/mol. The molecule has 5 heteroatoms. The summed E-state index contributed by atoms with van der Waals surface area (Å²) in [6, 6.07) is 20.6. The summed E-state index contributed by atoms with van der Waals surface area (Å²) < 4.78 is 0. The van der Waals surface area contributed by atoms with Crippen LogP contribution in [0.4, 0.5) is 10.5 Å². The quantitative estimate of drug-likeness (QED) is 0.792. The van der Waals surface area contributed by atoms with Gasteiger partial charge in [-0.05, 0) is 31.0 Å². The summed E-state index contributed by atoms with van der Waals surface area (Å²) in [5, 5.41) is 5.96. The molecule has 144 valence electrons. The van der Waals surface area contributed by atoms with Crippen molar-refractivity contribution in [3.05, 3.63) is 66.2 Å². The maximum atomic E-state index is 12.0. The van der Waals surface area contributed by atoms with Crippen molar-refractivity contribution in [2.75, 3.05) is 37.6 Å². The van der Waals surface area contributed by atoms with E-state index in [2.05, 4.69) is 57.7 Å². The van der Waals surface area contributed by atoms with E-state index in [4.69, 9.17) is 0 Å². The first-order valence-electron chi connectivity index (χ1n) is 9.81. The molecule has 2 aromatic rings. The lowest BCUT2D eigenvalue weighted by atomic mass is 10.2. The molecule has 0 bridgehead atoms. The van der Waals surface area contributed by atoms with Gasteiger partial charge in [-0.3, -0.25) is 4.90 Å². The molecule has 2 N–H and O–H groups in total. The van der Waals surface area contributed by atoms with Crippen LogP contribution in [-0.4, -0.2) is 49.7 Å². The lowest BCUT2D eigenvalue weighted by molar-refractivity contribution is 0.227. The molecular weight excluding hydrogens is 336 g/mol. The van der Waals surface area contributed by atoms with Gasteiger partial charge in [0.1, 0.15) is 0 Å². The lowest BCUT2D eigenvalue weighted by Crippen LogP contribution is -2.48. The van der Waals surface area contributed by atoms with Crippen LogP contribution in [0, 0.1) is 0 Å². The van der Waals surface area contributed by atoms with Crippen LogP contribution in [0.3, 0.4) is 0 Å². The third-order valence-electron chi connectivity index (χ3n) is 5.05. The molecule has 2 aromatic carbocycles. The van der Waals surface area contributed by atoms with Crippen molar-refractivity contribution < 1.29 is 4.79 Å². The Kier molecular flexibility index (Phi) is 7.11. The summed E-state index contributed by atoms with van der Waals surface area (Å²) in [5.74, 6) is 0. The van der Waals surface area contributed by atoms with Gasteiger partial charge in [0.15, 0.2) is 0 Å². The zero-order valence-corrected chi connectivity index (χ0v) is 16.1. The van der Waals surface area contributed by atoms with Crippen LogP contribution in [0.1, 0.15) is 18.9 Å². The topological polar surface area (TPSA) is 47.6 Å². The first kappa shape index (κ1) is 19.2. The van der Waals surface area contributed by atoms with Gasteiger partial charge < -0.3 is 15.5 Å². The maximum absolute atomic E-state index is 12.0. The summed E-state index contributed by atoms with van der Waals surface area (Å²) in [7, 11) is 0. The van der Waals surface area contributed by atoms with Crippen LogP contribution in [0.15, 0.2) is 60.7 Å². The van der Waals surface area contributed by atoms with Gasteiger partial charge in [-0.25, -0.2) is 4.79 Å². The predicted octanol–water partition coefficient (Wildman–Crippen LogP) is 3.09. The van der Waals surface area contributed by atoms with E-state index in [1.807, 2.05) is 30.3 Å². The number of piperazine rings is 1. The SMILES string of the molecule is C[C@H](CCN1CCN(c2ccccc2)CC1)NC(=O)NCc1ccccc1. The average Bonchev–Trinajstić information content (AvgIpc) is 2.72. The highest BCUT2D eigenvalue weighted by Gasteiger charge is 2.17. The van der Waals surface area contributed by atoms with Gasteiger partial charge in [-0.15, -0.1) is 0 Å². The van der Waals surface area contributed by atoms with Crippen molar-refractivity contribution >= 4 is 11.7 Å². The Balaban J connectivity index is 1.31. The van der Waals surface area contributed by atoms with Crippen molar-refractivity contribution in [1.82, 2.24) is 15.5 Å². The van der Waals surface area contributed by atoms with E-state index in [1.165, 1.54) is 5.69 Å². The number of nitrogens with zero attached hydrogens (tertiary/aromatic N) is 2. The number of carbonyl (C=O) groups is 1. The molecule has 0 spiro atoms. The Hall–Kier alpha value is -2.53. The van der Waals surface area contributed by atoms with Crippen LogP contribution >= 0.6 is 0 Å². The van der Waals surface area contributed by atoms with Gasteiger partial charge in [0.2, 0.25) is 0 Å². The van der Waals surface area contributed by atoms with Crippen molar-refractivity contribution in [3.8, 4) is 0 Å². The first-order valence-corrected chi connectivity index (χ1v) is 9.81. The fourth-order valence-corrected chi connectivity index (χ4v) is 3.37. The molecule has 5 nitrogen and oxygen atoms in total. The molecule has 3 rings (SSSR count). The molecular formula is C22H30N4O. The van der Waals surface area contributed by atoms with E-state index in [9.17, 15) is 4.79 Å². The van der Waals surface area contributed by atoms with Crippen molar-refractivity contribution in [2.45, 2.75) is 25.9 Å². The minimum Gasteiger partial charge on any atom is -0.369 e. The second-order valence-corrected chi connectivity index (χ2v) is 7.17. The van der Waals surface area contributed by atoms with Gasteiger partial charge >= 0.3 is 6.03 Å². The maximum Gasteiger partial charge on any atom is 0.315 e.